The maximum absolute atomic E-state index is 8.55. The van der Waals surface area contributed by atoms with E-state index in [1.54, 1.807) is 0 Å². The molecule has 160 valence electrons. The number of azide groups is 2. The normalized spacial score (nSPS) is 11.5. The van der Waals surface area contributed by atoms with Crippen molar-refractivity contribution < 1.29 is 13.3 Å². The molecule has 0 aromatic carbocycles. The molecule has 0 atom stereocenters. The van der Waals surface area contributed by atoms with E-state index in [4.69, 9.17) is 24.3 Å². The van der Waals surface area contributed by atoms with Gasteiger partial charge in [-0.1, -0.05) is 0 Å². The summed E-state index contributed by atoms with van der Waals surface area (Å²) < 4.78 is 18.4. The van der Waals surface area contributed by atoms with Crippen molar-refractivity contribution in [1.29, 1.82) is 0 Å². The van der Waals surface area contributed by atoms with Crippen molar-refractivity contribution in [3.05, 3.63) is 20.9 Å². The zero-order valence-corrected chi connectivity index (χ0v) is 18.6. The van der Waals surface area contributed by atoms with Gasteiger partial charge in [0.25, 0.3) is 0 Å². The molecule has 0 spiro atoms. The van der Waals surface area contributed by atoms with Crippen LogP contribution in [0.3, 0.4) is 0 Å². The van der Waals surface area contributed by atoms with Gasteiger partial charge in [0.1, 0.15) is 0 Å². The van der Waals surface area contributed by atoms with E-state index in [2.05, 4.69) is 40.3 Å². The standard InChI is InChI=1S/C15H28N10O3Si/c1-10(2)26-29(27-11(3)4,28-12(5)6)9-7-8-18-13-19-14(22-24-16)21-15(20-13)23-25-17/h10-12H,7-9H2,1-6H3,(H,18,19,20,21). The van der Waals surface area contributed by atoms with Gasteiger partial charge < -0.3 is 18.6 Å². The molecule has 13 nitrogen and oxygen atoms in total. The Labute approximate surface area is 170 Å². The molecular formula is C15H28N10O3Si. The quantitative estimate of drug-likeness (QED) is 0.156. The van der Waals surface area contributed by atoms with E-state index in [0.717, 1.165) is 0 Å². The second-order valence-electron chi connectivity index (χ2n) is 6.85. The Hall–Kier alpha value is -2.47. The summed E-state index contributed by atoms with van der Waals surface area (Å²) in [5.41, 5.74) is 17.1. The lowest BCUT2D eigenvalue weighted by atomic mass is 10.5. The van der Waals surface area contributed by atoms with Gasteiger partial charge in [-0.15, -0.1) is 0 Å². The first-order valence-corrected chi connectivity index (χ1v) is 11.3. The van der Waals surface area contributed by atoms with Gasteiger partial charge in [0, 0.05) is 40.7 Å². The summed E-state index contributed by atoms with van der Waals surface area (Å²) in [7, 11) is -2.90. The Balaban J connectivity index is 2.86. The van der Waals surface area contributed by atoms with Crippen LogP contribution in [0.25, 0.3) is 20.9 Å². The summed E-state index contributed by atoms with van der Waals surface area (Å²) in [4.78, 5) is 16.9. The molecular weight excluding hydrogens is 396 g/mol. The van der Waals surface area contributed by atoms with E-state index in [1.807, 2.05) is 41.5 Å². The van der Waals surface area contributed by atoms with Crippen LogP contribution in [0.15, 0.2) is 10.2 Å². The predicted octanol–water partition coefficient (Wildman–Crippen LogP) is 4.77. The second kappa shape index (κ2) is 12.2. The zero-order chi connectivity index (χ0) is 21.9. The molecule has 14 heteroatoms. The summed E-state index contributed by atoms with van der Waals surface area (Å²) in [6.45, 7) is 12.2. The maximum atomic E-state index is 8.55. The molecule has 29 heavy (non-hydrogen) atoms. The molecule has 1 aromatic heterocycles. The highest BCUT2D eigenvalue weighted by Gasteiger charge is 2.43. The first kappa shape index (κ1) is 24.6. The number of aromatic nitrogens is 3. The van der Waals surface area contributed by atoms with Crippen LogP contribution in [-0.4, -0.2) is 48.6 Å². The van der Waals surface area contributed by atoms with Gasteiger partial charge in [-0.2, -0.15) is 9.97 Å². The number of hydrogen-bond acceptors (Lipinski definition) is 9. The Morgan fingerprint density at radius 1 is 0.862 bits per heavy atom. The Morgan fingerprint density at radius 2 is 1.31 bits per heavy atom. The minimum absolute atomic E-state index is 0.0338. The lowest BCUT2D eigenvalue weighted by Gasteiger charge is -2.34. The topological polar surface area (TPSA) is 176 Å². The number of anilines is 1. The van der Waals surface area contributed by atoms with Gasteiger partial charge in [0.05, 0.1) is 0 Å². The number of nitrogens with one attached hydrogen (secondary N) is 1. The SMILES string of the molecule is CC(C)O[Si](CCCNc1nc(N=[N+]=[N-])nc(N=[N+]=[N-])n1)(OC(C)C)OC(C)C. The van der Waals surface area contributed by atoms with Crippen molar-refractivity contribution in [3.8, 4) is 0 Å². The Morgan fingerprint density at radius 3 is 1.69 bits per heavy atom. The molecule has 0 fully saturated rings. The van der Waals surface area contributed by atoms with Crippen LogP contribution >= 0.6 is 0 Å². The summed E-state index contributed by atoms with van der Waals surface area (Å²) in [5.74, 6) is -0.243. The molecule has 0 saturated heterocycles. The first-order chi connectivity index (χ1) is 13.7. The van der Waals surface area contributed by atoms with E-state index >= 15 is 0 Å². The van der Waals surface area contributed by atoms with Crippen LogP contribution in [0, 0.1) is 0 Å². The summed E-state index contributed by atoms with van der Waals surface area (Å²) in [5, 5.41) is 9.64. The third-order valence-corrected chi connectivity index (χ3v) is 6.53. The van der Waals surface area contributed by atoms with Crippen LogP contribution in [0.1, 0.15) is 48.0 Å². The highest BCUT2D eigenvalue weighted by Crippen LogP contribution is 2.24. The van der Waals surface area contributed by atoms with Crippen molar-refractivity contribution in [1.82, 2.24) is 15.0 Å². The number of rotatable bonds is 13. The van der Waals surface area contributed by atoms with Gasteiger partial charge in [-0.3, -0.25) is 0 Å². The minimum atomic E-state index is -2.90. The molecule has 1 heterocycles. The van der Waals surface area contributed by atoms with Crippen LogP contribution < -0.4 is 5.32 Å². The van der Waals surface area contributed by atoms with Gasteiger partial charge in [-0.05, 0) is 69.3 Å². The lowest BCUT2D eigenvalue weighted by Crippen LogP contribution is -2.50. The summed E-state index contributed by atoms with van der Waals surface area (Å²) >= 11 is 0. The van der Waals surface area contributed by atoms with E-state index in [1.165, 1.54) is 0 Å². The monoisotopic (exact) mass is 424 g/mol. The predicted molar refractivity (Wildman–Crippen MR) is 110 cm³/mol. The second-order valence-corrected chi connectivity index (χ2v) is 9.42. The third-order valence-electron chi connectivity index (χ3n) is 3.07. The van der Waals surface area contributed by atoms with Crippen molar-refractivity contribution in [2.24, 2.45) is 10.2 Å². The fraction of sp³-hybridized carbons (Fsp3) is 0.800. The number of hydrogen-bond donors (Lipinski definition) is 1. The molecule has 1 aromatic rings. The van der Waals surface area contributed by atoms with E-state index in [0.29, 0.717) is 19.0 Å². The van der Waals surface area contributed by atoms with E-state index < -0.39 is 8.80 Å². The van der Waals surface area contributed by atoms with Gasteiger partial charge >= 0.3 is 8.80 Å². The minimum Gasteiger partial charge on any atom is -0.371 e. The molecule has 0 aliphatic carbocycles. The summed E-state index contributed by atoms with van der Waals surface area (Å²) in [6, 6.07) is 0.589. The van der Waals surface area contributed by atoms with Gasteiger partial charge in [0.15, 0.2) is 0 Å². The van der Waals surface area contributed by atoms with Crippen LogP contribution in [0.5, 0.6) is 0 Å². The molecule has 0 unspecified atom stereocenters. The highest BCUT2D eigenvalue weighted by molar-refractivity contribution is 6.60. The Bertz CT molecular complexity index is 685. The van der Waals surface area contributed by atoms with Crippen LogP contribution in [0.2, 0.25) is 6.04 Å². The molecule has 0 radical (unpaired) electrons. The average molecular weight is 425 g/mol. The molecule has 1 N–H and O–H groups in total. The van der Waals surface area contributed by atoms with E-state index in [9.17, 15) is 0 Å². The smallest absolute Gasteiger partial charge is 0.371 e. The third kappa shape index (κ3) is 9.52. The molecule has 0 bridgehead atoms. The van der Waals surface area contributed by atoms with Crippen molar-refractivity contribution >= 4 is 26.6 Å². The molecule has 0 saturated carbocycles. The first-order valence-electron chi connectivity index (χ1n) is 9.33. The highest BCUT2D eigenvalue weighted by atomic mass is 28.4. The van der Waals surface area contributed by atoms with Crippen LogP contribution in [-0.2, 0) is 13.3 Å². The van der Waals surface area contributed by atoms with E-state index in [-0.39, 0.29) is 36.2 Å². The molecule has 1 rings (SSSR count). The largest absolute Gasteiger partial charge is 0.501 e. The fourth-order valence-electron chi connectivity index (χ4n) is 2.44. The summed E-state index contributed by atoms with van der Waals surface area (Å²) in [6.07, 6.45) is 0.549. The van der Waals surface area contributed by atoms with Crippen molar-refractivity contribution in [2.45, 2.75) is 72.3 Å². The average Bonchev–Trinajstić information content (AvgIpc) is 2.57. The van der Waals surface area contributed by atoms with Gasteiger partial charge in [-0.25, -0.2) is 4.98 Å². The fourth-order valence-corrected chi connectivity index (χ4v) is 5.73. The van der Waals surface area contributed by atoms with Crippen molar-refractivity contribution in [3.63, 3.8) is 0 Å². The molecule has 0 amide bonds. The van der Waals surface area contributed by atoms with Crippen molar-refractivity contribution in [2.75, 3.05) is 11.9 Å². The Kier molecular flexibility index (Phi) is 10.3. The molecule has 0 aliphatic heterocycles. The molecule has 0 aliphatic rings. The number of nitrogens with zero attached hydrogens (tertiary/aromatic N) is 9. The maximum Gasteiger partial charge on any atom is 0.501 e. The van der Waals surface area contributed by atoms with Gasteiger partial charge in [0.2, 0.25) is 17.8 Å². The lowest BCUT2D eigenvalue weighted by molar-refractivity contribution is 0.00305. The van der Waals surface area contributed by atoms with Crippen LogP contribution in [0.4, 0.5) is 17.8 Å². The zero-order valence-electron chi connectivity index (χ0n) is 17.6.